The molecule has 0 bridgehead atoms. The van der Waals surface area contributed by atoms with Gasteiger partial charge in [0, 0.05) is 0 Å². The zero-order chi connectivity index (χ0) is 21.2. The maximum absolute atomic E-state index is 10.1. The van der Waals surface area contributed by atoms with E-state index in [2.05, 4.69) is 44.7 Å². The smallest absolute Gasteiger partial charge is 0.0809 e. The van der Waals surface area contributed by atoms with Crippen LogP contribution in [0.15, 0.2) is 47.6 Å². The summed E-state index contributed by atoms with van der Waals surface area (Å²) in [7, 11) is 0. The van der Waals surface area contributed by atoms with E-state index < -0.39 is 12.2 Å². The zero-order valence-electron chi connectivity index (χ0n) is 18.5. The molecule has 0 aromatic carbocycles. The number of fused-ring (bicyclic) bond motifs is 1. The molecule has 3 nitrogen and oxygen atoms in total. The summed E-state index contributed by atoms with van der Waals surface area (Å²) in [5.74, 6) is 1.87. The monoisotopic (exact) mass is 400 g/mol. The summed E-state index contributed by atoms with van der Waals surface area (Å²) in [6, 6.07) is 0. The van der Waals surface area contributed by atoms with Crippen molar-refractivity contribution in [3.05, 3.63) is 47.6 Å². The predicted molar refractivity (Wildman–Crippen MR) is 119 cm³/mol. The first-order chi connectivity index (χ1) is 13.7. The van der Waals surface area contributed by atoms with Gasteiger partial charge in [-0.15, -0.1) is 0 Å². The van der Waals surface area contributed by atoms with Crippen LogP contribution in [0.3, 0.4) is 0 Å². The lowest BCUT2D eigenvalue weighted by atomic mass is 9.61. The first kappa shape index (κ1) is 22.5. The summed E-state index contributed by atoms with van der Waals surface area (Å²) in [6.07, 6.45) is 15.6. The van der Waals surface area contributed by atoms with E-state index in [0.29, 0.717) is 41.6 Å². The van der Waals surface area contributed by atoms with Crippen LogP contribution in [0.25, 0.3) is 0 Å². The normalized spacial score (nSPS) is 39.0. The zero-order valence-corrected chi connectivity index (χ0v) is 18.5. The van der Waals surface area contributed by atoms with Gasteiger partial charge in [-0.05, 0) is 87.0 Å². The summed E-state index contributed by atoms with van der Waals surface area (Å²) in [5, 5.41) is 29.7. The van der Waals surface area contributed by atoms with Gasteiger partial charge in [0.05, 0.1) is 18.3 Å². The van der Waals surface area contributed by atoms with Crippen LogP contribution >= 0.6 is 0 Å². The standard InChI is InChI=1S/C26H40O3/c1-17(7-5-8-18(2)27)22-12-13-23-21(9-6-14-26(22,23)4)11-10-20-15-24(28)19(3)25(29)16-20/h5,7,10-11,17-18,22-25,27-29H,3,6,8-9,12-16H2,1-2,4H3/b7-5+,21-11+/t17-,18-,22-,23+,24-,25-,26-/m1/s1. The third-order valence-electron chi connectivity index (χ3n) is 7.89. The van der Waals surface area contributed by atoms with Crippen LogP contribution in [0.5, 0.6) is 0 Å². The molecule has 7 atom stereocenters. The van der Waals surface area contributed by atoms with Crippen molar-refractivity contribution in [2.45, 2.75) is 90.4 Å². The molecular weight excluding hydrogens is 360 g/mol. The van der Waals surface area contributed by atoms with Gasteiger partial charge in [0.1, 0.15) is 0 Å². The maximum Gasteiger partial charge on any atom is 0.0809 e. The minimum absolute atomic E-state index is 0.267. The highest BCUT2D eigenvalue weighted by Crippen LogP contribution is 2.59. The van der Waals surface area contributed by atoms with E-state index in [1.165, 1.54) is 32.1 Å². The molecule has 3 aliphatic rings. The molecule has 162 valence electrons. The van der Waals surface area contributed by atoms with Gasteiger partial charge >= 0.3 is 0 Å². The molecule has 0 unspecified atom stereocenters. The third-order valence-corrected chi connectivity index (χ3v) is 7.89. The van der Waals surface area contributed by atoms with Crippen LogP contribution in [-0.4, -0.2) is 33.6 Å². The van der Waals surface area contributed by atoms with Crippen LogP contribution in [0, 0.1) is 23.2 Å². The van der Waals surface area contributed by atoms with E-state index in [4.69, 9.17) is 0 Å². The van der Waals surface area contributed by atoms with Gasteiger partial charge in [0.2, 0.25) is 0 Å². The van der Waals surface area contributed by atoms with Crippen LogP contribution in [0.1, 0.15) is 72.1 Å². The Bertz CT molecular complexity index is 670. The van der Waals surface area contributed by atoms with Crippen molar-refractivity contribution in [1.29, 1.82) is 0 Å². The molecule has 0 amide bonds. The van der Waals surface area contributed by atoms with Crippen LogP contribution < -0.4 is 0 Å². The van der Waals surface area contributed by atoms with Gasteiger partial charge in [-0.1, -0.05) is 55.9 Å². The summed E-state index contributed by atoms with van der Waals surface area (Å²) in [5.41, 5.74) is 3.58. The Morgan fingerprint density at radius 2 is 1.83 bits per heavy atom. The predicted octanol–water partition coefficient (Wildman–Crippen LogP) is 5.09. The molecule has 0 heterocycles. The fraction of sp³-hybridized carbons (Fsp3) is 0.692. The summed E-state index contributed by atoms with van der Waals surface area (Å²) < 4.78 is 0. The molecule has 29 heavy (non-hydrogen) atoms. The number of aliphatic hydroxyl groups is 3. The van der Waals surface area contributed by atoms with E-state index >= 15 is 0 Å². The van der Waals surface area contributed by atoms with Crippen molar-refractivity contribution in [3.8, 4) is 0 Å². The number of rotatable bonds is 5. The van der Waals surface area contributed by atoms with Crippen LogP contribution in [0.4, 0.5) is 0 Å². The molecule has 0 aliphatic heterocycles. The Morgan fingerprint density at radius 3 is 2.48 bits per heavy atom. The SMILES string of the molecule is C=C1[C@H](O)CC(=C/C=C2\CCC[C@]3(C)[C@@H]([C@H](C)/C=C/C[C@@H](C)O)CC[C@@H]23)C[C@H]1O. The van der Waals surface area contributed by atoms with Crippen molar-refractivity contribution < 1.29 is 15.3 Å². The molecule has 3 saturated carbocycles. The third kappa shape index (κ3) is 4.95. The lowest BCUT2D eigenvalue weighted by molar-refractivity contribution is 0.112. The summed E-state index contributed by atoms with van der Waals surface area (Å²) in [4.78, 5) is 0. The first-order valence-corrected chi connectivity index (χ1v) is 11.5. The second-order valence-electron chi connectivity index (χ2n) is 10.0. The maximum atomic E-state index is 10.1. The molecule has 3 aliphatic carbocycles. The Morgan fingerprint density at radius 1 is 1.14 bits per heavy atom. The second-order valence-corrected chi connectivity index (χ2v) is 10.0. The Kier molecular flexibility index (Phi) is 7.24. The van der Waals surface area contributed by atoms with Crippen LogP contribution in [-0.2, 0) is 0 Å². The average molecular weight is 401 g/mol. The number of aliphatic hydroxyl groups excluding tert-OH is 3. The lowest BCUT2D eigenvalue weighted by Gasteiger charge is -2.44. The molecule has 0 aromatic rings. The molecule has 3 heteroatoms. The number of allylic oxidation sites excluding steroid dienone is 4. The van der Waals surface area contributed by atoms with E-state index in [9.17, 15) is 15.3 Å². The minimum Gasteiger partial charge on any atom is -0.393 e. The highest BCUT2D eigenvalue weighted by atomic mass is 16.3. The quantitative estimate of drug-likeness (QED) is 0.563. The van der Waals surface area contributed by atoms with Crippen molar-refractivity contribution in [2.24, 2.45) is 23.2 Å². The van der Waals surface area contributed by atoms with Crippen molar-refractivity contribution in [1.82, 2.24) is 0 Å². The first-order valence-electron chi connectivity index (χ1n) is 11.5. The van der Waals surface area contributed by atoms with Crippen LogP contribution in [0.2, 0.25) is 0 Å². The van der Waals surface area contributed by atoms with Gasteiger partial charge < -0.3 is 15.3 Å². The van der Waals surface area contributed by atoms with Gasteiger partial charge in [-0.25, -0.2) is 0 Å². The molecular formula is C26H40O3. The number of hydrogen-bond donors (Lipinski definition) is 3. The second kappa shape index (κ2) is 9.32. The van der Waals surface area contributed by atoms with Crippen molar-refractivity contribution >= 4 is 0 Å². The van der Waals surface area contributed by atoms with Gasteiger partial charge in [0.15, 0.2) is 0 Å². The van der Waals surface area contributed by atoms with Gasteiger partial charge in [-0.2, -0.15) is 0 Å². The summed E-state index contributed by atoms with van der Waals surface area (Å²) >= 11 is 0. The Hall–Kier alpha value is -1.16. The molecule has 0 saturated heterocycles. The minimum atomic E-state index is -0.620. The lowest BCUT2D eigenvalue weighted by Crippen LogP contribution is -2.35. The molecule has 3 fully saturated rings. The average Bonchev–Trinajstić information content (AvgIpc) is 3.01. The topological polar surface area (TPSA) is 60.7 Å². The molecule has 0 aromatic heterocycles. The molecule has 3 N–H and O–H groups in total. The van der Waals surface area contributed by atoms with E-state index in [-0.39, 0.29) is 6.10 Å². The molecule has 3 rings (SSSR count). The van der Waals surface area contributed by atoms with E-state index in [1.54, 1.807) is 5.57 Å². The van der Waals surface area contributed by atoms with E-state index in [0.717, 1.165) is 12.0 Å². The van der Waals surface area contributed by atoms with Gasteiger partial charge in [-0.3, -0.25) is 0 Å². The highest BCUT2D eigenvalue weighted by molar-refractivity contribution is 5.29. The largest absolute Gasteiger partial charge is 0.393 e. The van der Waals surface area contributed by atoms with Crippen molar-refractivity contribution in [3.63, 3.8) is 0 Å². The molecule has 0 spiro atoms. The fourth-order valence-corrected chi connectivity index (χ4v) is 6.19. The number of hydrogen-bond acceptors (Lipinski definition) is 3. The Balaban J connectivity index is 1.72. The fourth-order valence-electron chi connectivity index (χ4n) is 6.19. The highest BCUT2D eigenvalue weighted by Gasteiger charge is 2.50. The van der Waals surface area contributed by atoms with Crippen molar-refractivity contribution in [2.75, 3.05) is 0 Å². The molecule has 0 radical (unpaired) electrons. The Labute approximate surface area is 176 Å². The summed E-state index contributed by atoms with van der Waals surface area (Å²) in [6.45, 7) is 10.5. The van der Waals surface area contributed by atoms with Gasteiger partial charge in [0.25, 0.3) is 0 Å². The van der Waals surface area contributed by atoms with E-state index in [1.807, 2.05) is 6.92 Å².